The minimum absolute atomic E-state index is 0.221. The van der Waals surface area contributed by atoms with Gasteiger partial charge in [0, 0.05) is 10.9 Å². The molecule has 0 heterocycles. The van der Waals surface area contributed by atoms with Crippen molar-refractivity contribution in [1.82, 2.24) is 0 Å². The van der Waals surface area contributed by atoms with Crippen LogP contribution in [-0.4, -0.2) is 26.9 Å². The smallest absolute Gasteiger partial charge is 0.244 e. The highest BCUT2D eigenvalue weighted by molar-refractivity contribution is 9.12. The SMILES string of the molecule is Cc1c(O)c2c(c(O)c1CBr)C(O)=C(Br)C(=O)C2=O. The monoisotopic (exact) mass is 390 g/mol. The number of allylic oxidation sites excluding steroid dienone is 1. The number of Topliss-reactive ketones (excluding diaryl/α,β-unsaturated/α-hetero) is 2. The summed E-state index contributed by atoms with van der Waals surface area (Å²) in [4.78, 5) is 23.5. The van der Waals surface area contributed by atoms with Gasteiger partial charge in [0.05, 0.1) is 11.1 Å². The Morgan fingerprint density at radius 2 is 1.58 bits per heavy atom. The lowest BCUT2D eigenvalue weighted by atomic mass is 9.88. The molecule has 5 nitrogen and oxygen atoms in total. The number of phenolic OH excluding ortho intramolecular Hbond substituents is 2. The molecule has 0 amide bonds. The molecule has 1 aromatic rings. The molecule has 3 N–H and O–H groups in total. The summed E-state index contributed by atoms with van der Waals surface area (Å²) in [5.74, 6) is -3.25. The van der Waals surface area contributed by atoms with Gasteiger partial charge in [-0.15, -0.1) is 0 Å². The summed E-state index contributed by atoms with van der Waals surface area (Å²) in [6.45, 7) is 1.51. The van der Waals surface area contributed by atoms with Gasteiger partial charge in [0.25, 0.3) is 0 Å². The molecule has 0 aliphatic heterocycles. The van der Waals surface area contributed by atoms with E-state index < -0.39 is 23.1 Å². The number of rotatable bonds is 1. The van der Waals surface area contributed by atoms with Crippen LogP contribution in [0.2, 0.25) is 0 Å². The van der Waals surface area contributed by atoms with E-state index in [-0.39, 0.29) is 32.3 Å². The second-order valence-electron chi connectivity index (χ2n) is 4.01. The predicted octanol–water partition coefficient (Wildman–Crippen LogP) is 2.69. The lowest BCUT2D eigenvalue weighted by Gasteiger charge is -2.20. The third-order valence-corrected chi connectivity index (χ3v) is 4.32. The second kappa shape index (κ2) is 4.64. The summed E-state index contributed by atoms with van der Waals surface area (Å²) < 4.78 is -0.330. The highest BCUT2D eigenvalue weighted by atomic mass is 79.9. The normalized spacial score (nSPS) is 14.9. The van der Waals surface area contributed by atoms with Crippen LogP contribution < -0.4 is 0 Å². The molecule has 0 bridgehead atoms. The summed E-state index contributed by atoms with van der Waals surface area (Å²) in [6.07, 6.45) is 0. The van der Waals surface area contributed by atoms with E-state index in [1.54, 1.807) is 0 Å². The molecule has 0 spiro atoms. The Balaban J connectivity index is 2.99. The van der Waals surface area contributed by atoms with E-state index in [0.29, 0.717) is 5.56 Å². The van der Waals surface area contributed by atoms with E-state index in [4.69, 9.17) is 0 Å². The van der Waals surface area contributed by atoms with Crippen LogP contribution in [0.3, 0.4) is 0 Å². The third kappa shape index (κ3) is 1.80. The largest absolute Gasteiger partial charge is 0.507 e. The number of hydrogen-bond donors (Lipinski definition) is 3. The van der Waals surface area contributed by atoms with E-state index in [0.717, 1.165) is 0 Å². The Morgan fingerprint density at radius 1 is 1.00 bits per heavy atom. The van der Waals surface area contributed by atoms with Gasteiger partial charge in [0.2, 0.25) is 11.6 Å². The number of fused-ring (bicyclic) bond motifs is 1. The van der Waals surface area contributed by atoms with Crippen LogP contribution >= 0.6 is 31.9 Å². The van der Waals surface area contributed by atoms with Crippen LogP contribution in [0.1, 0.15) is 27.0 Å². The number of aliphatic hydroxyl groups is 1. The maximum absolute atomic E-state index is 11.9. The number of aliphatic hydroxyl groups excluding tert-OH is 1. The molecule has 0 aromatic heterocycles. The molecule has 1 aliphatic rings. The minimum Gasteiger partial charge on any atom is -0.507 e. The van der Waals surface area contributed by atoms with Crippen molar-refractivity contribution in [2.75, 3.05) is 0 Å². The molecular formula is C12H8Br2O5. The zero-order valence-electron chi connectivity index (χ0n) is 9.62. The van der Waals surface area contributed by atoms with Gasteiger partial charge in [-0.1, -0.05) is 15.9 Å². The first-order valence-corrected chi connectivity index (χ1v) is 7.05. The van der Waals surface area contributed by atoms with E-state index in [2.05, 4.69) is 31.9 Å². The summed E-state index contributed by atoms with van der Waals surface area (Å²) in [7, 11) is 0. The molecule has 19 heavy (non-hydrogen) atoms. The van der Waals surface area contributed by atoms with Gasteiger partial charge in [-0.25, -0.2) is 0 Å². The van der Waals surface area contributed by atoms with E-state index in [9.17, 15) is 24.9 Å². The van der Waals surface area contributed by atoms with Crippen molar-refractivity contribution in [3.05, 3.63) is 26.7 Å². The predicted molar refractivity (Wildman–Crippen MR) is 75.0 cm³/mol. The maximum atomic E-state index is 11.9. The van der Waals surface area contributed by atoms with Gasteiger partial charge in [-0.2, -0.15) is 0 Å². The van der Waals surface area contributed by atoms with E-state index >= 15 is 0 Å². The van der Waals surface area contributed by atoms with Gasteiger partial charge in [0.1, 0.15) is 21.7 Å². The third-order valence-electron chi connectivity index (χ3n) is 3.03. The molecule has 0 unspecified atom stereocenters. The number of aromatic hydroxyl groups is 2. The highest BCUT2D eigenvalue weighted by Crippen LogP contribution is 2.45. The summed E-state index contributed by atoms with van der Waals surface area (Å²) >= 11 is 5.96. The molecule has 100 valence electrons. The summed E-state index contributed by atoms with van der Waals surface area (Å²) in [6, 6.07) is 0. The first-order chi connectivity index (χ1) is 8.82. The number of hydrogen-bond acceptors (Lipinski definition) is 5. The lowest BCUT2D eigenvalue weighted by molar-refractivity contribution is -0.111. The van der Waals surface area contributed by atoms with Crippen LogP contribution in [0.4, 0.5) is 0 Å². The zero-order chi connectivity index (χ0) is 14.5. The van der Waals surface area contributed by atoms with Gasteiger partial charge >= 0.3 is 0 Å². The number of alkyl halides is 1. The first-order valence-electron chi connectivity index (χ1n) is 5.14. The Kier molecular flexibility index (Phi) is 3.44. The average molecular weight is 392 g/mol. The van der Waals surface area contributed by atoms with Crippen molar-refractivity contribution < 1.29 is 24.9 Å². The van der Waals surface area contributed by atoms with Gasteiger partial charge in [0.15, 0.2) is 0 Å². The Morgan fingerprint density at radius 3 is 2.11 bits per heavy atom. The lowest BCUT2D eigenvalue weighted by Crippen LogP contribution is -2.22. The number of carbonyl (C=O) groups is 2. The molecular weight excluding hydrogens is 384 g/mol. The molecule has 0 radical (unpaired) electrons. The molecule has 1 aliphatic carbocycles. The van der Waals surface area contributed by atoms with Crippen LogP contribution in [0.25, 0.3) is 5.76 Å². The molecule has 0 saturated carbocycles. The van der Waals surface area contributed by atoms with Crippen LogP contribution in [0.5, 0.6) is 11.5 Å². The average Bonchev–Trinajstić information content (AvgIpc) is 2.38. The van der Waals surface area contributed by atoms with E-state index in [1.165, 1.54) is 6.92 Å². The number of halogens is 2. The van der Waals surface area contributed by atoms with Crippen molar-refractivity contribution in [2.45, 2.75) is 12.3 Å². The highest BCUT2D eigenvalue weighted by Gasteiger charge is 2.38. The zero-order valence-corrected chi connectivity index (χ0v) is 12.8. The second-order valence-corrected chi connectivity index (χ2v) is 5.36. The van der Waals surface area contributed by atoms with Crippen LogP contribution in [0.15, 0.2) is 4.48 Å². The Bertz CT molecular complexity index is 661. The fraction of sp³-hybridized carbons (Fsp3) is 0.167. The summed E-state index contributed by atoms with van der Waals surface area (Å²) in [5.41, 5.74) is 0.0183. The topological polar surface area (TPSA) is 94.8 Å². The van der Waals surface area contributed by atoms with Gasteiger partial charge in [-0.05, 0) is 28.4 Å². The Hall–Kier alpha value is -1.34. The van der Waals surface area contributed by atoms with Crippen molar-refractivity contribution in [2.24, 2.45) is 0 Å². The standard InChI is InChI=1S/C12H8Br2O5/c1-3-4(2-13)9(16)6-5(8(3)15)11(18)12(19)7(14)10(6)17/h15-17H,2H2,1H3. The molecule has 1 aromatic carbocycles. The maximum Gasteiger partial charge on any atom is 0.244 e. The van der Waals surface area contributed by atoms with Crippen molar-refractivity contribution >= 4 is 49.2 Å². The number of benzene rings is 1. The number of carbonyl (C=O) groups excluding carboxylic acids is 2. The van der Waals surface area contributed by atoms with Gasteiger partial charge < -0.3 is 15.3 Å². The fourth-order valence-electron chi connectivity index (χ4n) is 1.94. The molecule has 0 atom stereocenters. The Labute approximate surface area is 124 Å². The first kappa shape index (κ1) is 14.1. The number of ketones is 2. The number of phenols is 2. The molecule has 7 heteroatoms. The quantitative estimate of drug-likeness (QED) is 0.388. The fourth-order valence-corrected chi connectivity index (χ4v) is 3.01. The van der Waals surface area contributed by atoms with E-state index in [1.807, 2.05) is 0 Å². The minimum atomic E-state index is -0.975. The molecule has 0 saturated heterocycles. The molecule has 2 rings (SSSR count). The van der Waals surface area contributed by atoms with Crippen molar-refractivity contribution in [3.8, 4) is 11.5 Å². The van der Waals surface area contributed by atoms with Crippen molar-refractivity contribution in [1.29, 1.82) is 0 Å². The van der Waals surface area contributed by atoms with Gasteiger partial charge in [-0.3, -0.25) is 9.59 Å². The van der Waals surface area contributed by atoms with Crippen LogP contribution in [-0.2, 0) is 10.1 Å². The van der Waals surface area contributed by atoms with Crippen LogP contribution in [0, 0.1) is 6.92 Å². The summed E-state index contributed by atoms with van der Waals surface area (Å²) in [5, 5.41) is 30.3. The molecule has 0 fully saturated rings. The van der Waals surface area contributed by atoms with Crippen molar-refractivity contribution in [3.63, 3.8) is 0 Å².